The first-order valence-electron chi connectivity index (χ1n) is 6.63. The van der Waals surface area contributed by atoms with E-state index in [2.05, 4.69) is 15.5 Å². The molecule has 0 radical (unpaired) electrons. The smallest absolute Gasteiger partial charge is 0.305 e. The summed E-state index contributed by atoms with van der Waals surface area (Å²) in [5.74, 6) is -0.329. The van der Waals surface area contributed by atoms with E-state index in [-0.39, 0.29) is 30.1 Å². The van der Waals surface area contributed by atoms with Crippen LogP contribution in [0.4, 0.5) is 0 Å². The second-order valence-electron chi connectivity index (χ2n) is 6.92. The Kier molecular flexibility index (Phi) is 4.86. The van der Waals surface area contributed by atoms with Gasteiger partial charge in [-0.1, -0.05) is 20.8 Å². The average molecular weight is 284 g/mol. The summed E-state index contributed by atoms with van der Waals surface area (Å²) < 4.78 is 7.24. The van der Waals surface area contributed by atoms with Crippen LogP contribution < -0.4 is 0 Å². The number of carbonyl (C=O) groups is 1. The van der Waals surface area contributed by atoms with E-state index in [0.717, 1.165) is 0 Å². The van der Waals surface area contributed by atoms with Crippen molar-refractivity contribution in [3.05, 3.63) is 5.82 Å². The lowest BCUT2D eigenvalue weighted by atomic mass is 9.85. The number of carboxylic acids is 1. The fraction of sp³-hybridized carbons (Fsp3) is 0.846. The van der Waals surface area contributed by atoms with Crippen LogP contribution in [-0.4, -0.2) is 36.9 Å². The monoisotopic (exact) mass is 284 g/mol. The van der Waals surface area contributed by atoms with Crippen molar-refractivity contribution in [1.29, 1.82) is 0 Å². The van der Waals surface area contributed by atoms with Gasteiger partial charge in [-0.15, -0.1) is 5.10 Å². The van der Waals surface area contributed by atoms with Gasteiger partial charge in [0, 0.05) is 0 Å². The molecule has 1 atom stereocenters. The summed E-state index contributed by atoms with van der Waals surface area (Å²) in [6.07, 6.45) is -0.0307. The molecule has 1 heterocycles. The van der Waals surface area contributed by atoms with Crippen molar-refractivity contribution in [1.82, 2.24) is 20.2 Å². The van der Waals surface area contributed by atoms with Gasteiger partial charge in [0.15, 0.2) is 5.82 Å². The highest BCUT2D eigenvalue weighted by atomic mass is 16.5. The quantitative estimate of drug-likeness (QED) is 0.890. The zero-order valence-electron chi connectivity index (χ0n) is 13.0. The summed E-state index contributed by atoms with van der Waals surface area (Å²) in [4.78, 5) is 11.1. The molecule has 1 unspecified atom stereocenters. The van der Waals surface area contributed by atoms with Crippen molar-refractivity contribution >= 4 is 5.97 Å². The molecule has 0 saturated carbocycles. The Morgan fingerprint density at radius 1 is 1.30 bits per heavy atom. The van der Waals surface area contributed by atoms with E-state index in [1.165, 1.54) is 0 Å². The molecule has 1 aromatic rings. The van der Waals surface area contributed by atoms with Crippen molar-refractivity contribution in [2.75, 3.05) is 0 Å². The number of hydrogen-bond acceptors (Lipinski definition) is 5. The normalized spacial score (nSPS) is 14.3. The predicted molar refractivity (Wildman–Crippen MR) is 73.1 cm³/mol. The molecule has 0 aliphatic rings. The Bertz CT molecular complexity index is 457. The molecule has 114 valence electrons. The minimum Gasteiger partial charge on any atom is -0.481 e. The maximum Gasteiger partial charge on any atom is 0.305 e. The fourth-order valence-electron chi connectivity index (χ4n) is 1.76. The average Bonchev–Trinajstić information content (AvgIpc) is 2.68. The van der Waals surface area contributed by atoms with Crippen LogP contribution in [0, 0.1) is 5.41 Å². The molecule has 0 spiro atoms. The van der Waals surface area contributed by atoms with Gasteiger partial charge in [0.05, 0.1) is 18.1 Å². The van der Waals surface area contributed by atoms with Gasteiger partial charge in [0.1, 0.15) is 6.61 Å². The van der Waals surface area contributed by atoms with Crippen LogP contribution >= 0.6 is 0 Å². The highest BCUT2D eigenvalue weighted by molar-refractivity contribution is 5.67. The third-order valence-electron chi connectivity index (χ3n) is 2.86. The van der Waals surface area contributed by atoms with Crippen LogP contribution in [0.2, 0.25) is 0 Å². The Labute approximate surface area is 119 Å². The maximum atomic E-state index is 11.1. The molecule has 1 N–H and O–H groups in total. The Morgan fingerprint density at radius 3 is 2.35 bits per heavy atom. The van der Waals surface area contributed by atoms with Gasteiger partial charge in [0.2, 0.25) is 0 Å². The van der Waals surface area contributed by atoms with Gasteiger partial charge in [-0.25, -0.2) is 4.68 Å². The number of tetrazole rings is 1. The highest BCUT2D eigenvalue weighted by Crippen LogP contribution is 2.33. The first-order chi connectivity index (χ1) is 9.00. The summed E-state index contributed by atoms with van der Waals surface area (Å²) in [7, 11) is 0. The predicted octanol–water partition coefficient (Wildman–Crippen LogP) is 2.05. The van der Waals surface area contributed by atoms with Crippen LogP contribution in [0.5, 0.6) is 0 Å². The number of ether oxygens (including phenoxy) is 1. The molecule has 7 heteroatoms. The van der Waals surface area contributed by atoms with E-state index in [4.69, 9.17) is 9.84 Å². The van der Waals surface area contributed by atoms with Gasteiger partial charge >= 0.3 is 5.97 Å². The molecular weight excluding hydrogens is 260 g/mol. The molecule has 0 saturated heterocycles. The van der Waals surface area contributed by atoms with Crippen LogP contribution in [-0.2, 0) is 16.1 Å². The molecule has 0 amide bonds. The van der Waals surface area contributed by atoms with Crippen molar-refractivity contribution in [3.63, 3.8) is 0 Å². The van der Waals surface area contributed by atoms with E-state index >= 15 is 0 Å². The molecule has 7 nitrogen and oxygen atoms in total. The standard InChI is InChI=1S/C13H24N4O3/c1-12(2,3)9(7-11(18)19)17-10(14-15-16-17)8-20-13(4,5)6/h9H,7-8H2,1-6H3,(H,18,19). The van der Waals surface area contributed by atoms with Crippen LogP contribution in [0.25, 0.3) is 0 Å². The highest BCUT2D eigenvalue weighted by Gasteiger charge is 2.32. The molecule has 0 aliphatic heterocycles. The van der Waals surface area contributed by atoms with Gasteiger partial charge < -0.3 is 9.84 Å². The molecule has 1 aromatic heterocycles. The molecule has 0 aliphatic carbocycles. The van der Waals surface area contributed by atoms with Gasteiger partial charge in [-0.3, -0.25) is 4.79 Å². The Hall–Kier alpha value is -1.50. The first kappa shape index (κ1) is 16.6. The minimum absolute atomic E-state index is 0.0307. The van der Waals surface area contributed by atoms with E-state index in [1.54, 1.807) is 4.68 Å². The van der Waals surface area contributed by atoms with Crippen LogP contribution in [0.1, 0.15) is 59.8 Å². The largest absolute Gasteiger partial charge is 0.481 e. The van der Waals surface area contributed by atoms with Crippen LogP contribution in [0.15, 0.2) is 0 Å². The van der Waals surface area contributed by atoms with Gasteiger partial charge in [-0.05, 0) is 36.6 Å². The lowest BCUT2D eigenvalue weighted by Gasteiger charge is -2.30. The van der Waals surface area contributed by atoms with E-state index in [0.29, 0.717) is 5.82 Å². The third-order valence-corrected chi connectivity index (χ3v) is 2.86. The molecule has 0 fully saturated rings. The second-order valence-corrected chi connectivity index (χ2v) is 6.92. The summed E-state index contributed by atoms with van der Waals surface area (Å²) in [6, 6.07) is -0.325. The zero-order valence-corrected chi connectivity index (χ0v) is 13.0. The lowest BCUT2D eigenvalue weighted by Crippen LogP contribution is -2.30. The van der Waals surface area contributed by atoms with Gasteiger partial charge in [-0.2, -0.15) is 0 Å². The van der Waals surface area contributed by atoms with Crippen molar-refractivity contribution in [2.45, 2.75) is 66.2 Å². The first-order valence-corrected chi connectivity index (χ1v) is 6.63. The maximum absolute atomic E-state index is 11.1. The Morgan fingerprint density at radius 2 is 1.90 bits per heavy atom. The summed E-state index contributed by atoms with van der Waals surface area (Å²) in [6.45, 7) is 12.0. The number of nitrogens with zero attached hydrogens (tertiary/aromatic N) is 4. The second kappa shape index (κ2) is 5.87. The molecule has 0 aromatic carbocycles. The number of aliphatic carboxylic acids is 1. The SMILES string of the molecule is CC(C)(C)OCc1nnnn1C(CC(=O)O)C(C)(C)C. The van der Waals surface area contributed by atoms with E-state index in [1.807, 2.05) is 41.5 Å². The lowest BCUT2D eigenvalue weighted by molar-refractivity contribution is -0.139. The summed E-state index contributed by atoms with van der Waals surface area (Å²) in [5.41, 5.74) is -0.578. The van der Waals surface area contributed by atoms with E-state index in [9.17, 15) is 4.79 Å². The number of aromatic nitrogens is 4. The third kappa shape index (κ3) is 4.88. The summed E-state index contributed by atoms with van der Waals surface area (Å²) >= 11 is 0. The molecule has 1 rings (SSSR count). The van der Waals surface area contributed by atoms with Crippen molar-refractivity contribution in [2.24, 2.45) is 5.41 Å². The molecule has 0 bridgehead atoms. The fourth-order valence-corrected chi connectivity index (χ4v) is 1.76. The number of rotatable bonds is 5. The molecule has 20 heavy (non-hydrogen) atoms. The Balaban J connectivity index is 2.98. The van der Waals surface area contributed by atoms with Gasteiger partial charge in [0.25, 0.3) is 0 Å². The topological polar surface area (TPSA) is 90.1 Å². The van der Waals surface area contributed by atoms with E-state index < -0.39 is 5.97 Å². The van der Waals surface area contributed by atoms with Crippen molar-refractivity contribution < 1.29 is 14.6 Å². The van der Waals surface area contributed by atoms with Crippen molar-refractivity contribution in [3.8, 4) is 0 Å². The number of carboxylic acid groups (broad SMARTS) is 1. The van der Waals surface area contributed by atoms with Crippen LogP contribution in [0.3, 0.4) is 0 Å². The minimum atomic E-state index is -0.872. The zero-order chi connectivity index (χ0) is 15.6. The molecular formula is C13H24N4O3. The summed E-state index contributed by atoms with van der Waals surface area (Å²) in [5, 5.41) is 20.6. The number of hydrogen-bond donors (Lipinski definition) is 1.